The molecule has 0 atom stereocenters. The van der Waals surface area contributed by atoms with Gasteiger partial charge in [-0.15, -0.1) is 0 Å². The molecule has 4 heteroatoms. The number of hydrogen-bond donors (Lipinski definition) is 1. The molecule has 2 rings (SSSR count). The summed E-state index contributed by atoms with van der Waals surface area (Å²) in [6, 6.07) is 7.17. The third-order valence-electron chi connectivity index (χ3n) is 4.06. The van der Waals surface area contributed by atoms with Gasteiger partial charge in [0.1, 0.15) is 5.75 Å². The SMILES string of the molecule is CC(C)C1CCN(C(=O)COc2cccc(N)c2)CC1. The molecule has 4 nitrogen and oxygen atoms in total. The van der Waals surface area contributed by atoms with Crippen LogP contribution >= 0.6 is 0 Å². The first-order valence-electron chi connectivity index (χ1n) is 7.32. The molecule has 0 aliphatic carbocycles. The Morgan fingerprint density at radius 2 is 2.10 bits per heavy atom. The molecule has 1 fully saturated rings. The zero-order valence-corrected chi connectivity index (χ0v) is 12.3. The van der Waals surface area contributed by atoms with Gasteiger partial charge in [0.25, 0.3) is 5.91 Å². The molecule has 0 radical (unpaired) electrons. The van der Waals surface area contributed by atoms with Crippen LogP contribution in [-0.2, 0) is 4.79 Å². The summed E-state index contributed by atoms with van der Waals surface area (Å²) in [6.45, 7) is 6.30. The highest BCUT2D eigenvalue weighted by atomic mass is 16.5. The summed E-state index contributed by atoms with van der Waals surface area (Å²) in [6.07, 6.45) is 2.20. The first-order chi connectivity index (χ1) is 9.56. The maximum absolute atomic E-state index is 12.1. The van der Waals surface area contributed by atoms with Gasteiger partial charge in [0.15, 0.2) is 6.61 Å². The van der Waals surface area contributed by atoms with Crippen LogP contribution in [0.25, 0.3) is 0 Å². The topological polar surface area (TPSA) is 55.6 Å². The van der Waals surface area contributed by atoms with E-state index in [1.165, 1.54) is 0 Å². The van der Waals surface area contributed by atoms with E-state index >= 15 is 0 Å². The first-order valence-corrected chi connectivity index (χ1v) is 7.32. The fourth-order valence-electron chi connectivity index (χ4n) is 2.66. The van der Waals surface area contributed by atoms with E-state index in [1.807, 2.05) is 17.0 Å². The van der Waals surface area contributed by atoms with Crippen LogP contribution in [-0.4, -0.2) is 30.5 Å². The van der Waals surface area contributed by atoms with E-state index in [4.69, 9.17) is 10.5 Å². The van der Waals surface area contributed by atoms with Crippen molar-refractivity contribution in [2.45, 2.75) is 26.7 Å². The van der Waals surface area contributed by atoms with Gasteiger partial charge in [-0.25, -0.2) is 0 Å². The van der Waals surface area contributed by atoms with Crippen molar-refractivity contribution in [3.05, 3.63) is 24.3 Å². The van der Waals surface area contributed by atoms with Gasteiger partial charge in [-0.2, -0.15) is 0 Å². The number of benzene rings is 1. The fraction of sp³-hybridized carbons (Fsp3) is 0.562. The third kappa shape index (κ3) is 3.89. The molecule has 0 aromatic heterocycles. The third-order valence-corrected chi connectivity index (χ3v) is 4.06. The molecule has 1 aliphatic heterocycles. The molecule has 2 N–H and O–H groups in total. The number of nitrogens with zero attached hydrogens (tertiary/aromatic N) is 1. The van der Waals surface area contributed by atoms with Crippen LogP contribution in [0.5, 0.6) is 5.75 Å². The van der Waals surface area contributed by atoms with Gasteiger partial charge in [-0.3, -0.25) is 4.79 Å². The van der Waals surface area contributed by atoms with Crippen molar-refractivity contribution in [3.8, 4) is 5.75 Å². The summed E-state index contributed by atoms with van der Waals surface area (Å²) >= 11 is 0. The normalized spacial score (nSPS) is 16.4. The molecule has 1 aliphatic rings. The number of nitrogens with two attached hydrogens (primary N) is 1. The fourth-order valence-corrected chi connectivity index (χ4v) is 2.66. The Labute approximate surface area is 120 Å². The smallest absolute Gasteiger partial charge is 0.260 e. The maximum atomic E-state index is 12.1. The highest BCUT2D eigenvalue weighted by Gasteiger charge is 2.24. The van der Waals surface area contributed by atoms with E-state index in [0.717, 1.165) is 31.8 Å². The Bertz CT molecular complexity index is 452. The van der Waals surface area contributed by atoms with E-state index < -0.39 is 0 Å². The Balaban J connectivity index is 1.78. The number of likely N-dealkylation sites (tertiary alicyclic amines) is 1. The predicted molar refractivity (Wildman–Crippen MR) is 80.5 cm³/mol. The molecular formula is C16H24N2O2. The summed E-state index contributed by atoms with van der Waals surface area (Å²) in [4.78, 5) is 14.0. The zero-order valence-electron chi connectivity index (χ0n) is 12.3. The van der Waals surface area contributed by atoms with E-state index in [9.17, 15) is 4.79 Å². The lowest BCUT2D eigenvalue weighted by Crippen LogP contribution is -2.41. The molecule has 110 valence electrons. The van der Waals surface area contributed by atoms with Crippen LogP contribution in [0.3, 0.4) is 0 Å². The number of hydrogen-bond acceptors (Lipinski definition) is 3. The van der Waals surface area contributed by atoms with Crippen LogP contribution in [0.2, 0.25) is 0 Å². The summed E-state index contributed by atoms with van der Waals surface area (Å²) < 4.78 is 5.50. The lowest BCUT2D eigenvalue weighted by molar-refractivity contribution is -0.135. The van der Waals surface area contributed by atoms with Crippen LogP contribution in [0.15, 0.2) is 24.3 Å². The van der Waals surface area contributed by atoms with E-state index in [1.54, 1.807) is 12.1 Å². The minimum absolute atomic E-state index is 0.0645. The van der Waals surface area contributed by atoms with Crippen molar-refractivity contribution in [3.63, 3.8) is 0 Å². The molecule has 1 saturated heterocycles. The summed E-state index contributed by atoms with van der Waals surface area (Å²) in [5, 5.41) is 0. The summed E-state index contributed by atoms with van der Waals surface area (Å²) in [5.74, 6) is 2.16. The van der Waals surface area contributed by atoms with Crippen molar-refractivity contribution in [2.75, 3.05) is 25.4 Å². The molecule has 20 heavy (non-hydrogen) atoms. The van der Waals surface area contributed by atoms with Crippen LogP contribution in [0.1, 0.15) is 26.7 Å². The van der Waals surface area contributed by atoms with Gasteiger partial charge >= 0.3 is 0 Å². The lowest BCUT2D eigenvalue weighted by atomic mass is 9.87. The number of rotatable bonds is 4. The average Bonchev–Trinajstić information content (AvgIpc) is 2.45. The van der Waals surface area contributed by atoms with Gasteiger partial charge in [0.2, 0.25) is 0 Å². The number of carbonyl (C=O) groups is 1. The van der Waals surface area contributed by atoms with Crippen LogP contribution in [0, 0.1) is 11.8 Å². The molecule has 1 aromatic carbocycles. The Hall–Kier alpha value is -1.71. The number of nitrogen functional groups attached to an aromatic ring is 1. The number of anilines is 1. The molecule has 0 saturated carbocycles. The molecule has 1 aromatic rings. The van der Waals surface area contributed by atoms with E-state index in [-0.39, 0.29) is 12.5 Å². The van der Waals surface area contributed by atoms with E-state index in [2.05, 4.69) is 13.8 Å². The van der Waals surface area contributed by atoms with Gasteiger partial charge in [0.05, 0.1) is 0 Å². The first kappa shape index (κ1) is 14.7. The Morgan fingerprint density at radius 3 is 2.70 bits per heavy atom. The quantitative estimate of drug-likeness (QED) is 0.860. The van der Waals surface area contributed by atoms with Gasteiger partial charge < -0.3 is 15.4 Å². The highest BCUT2D eigenvalue weighted by molar-refractivity contribution is 5.77. The van der Waals surface area contributed by atoms with Crippen molar-refractivity contribution in [2.24, 2.45) is 11.8 Å². The average molecular weight is 276 g/mol. The second kappa shape index (κ2) is 6.64. The van der Waals surface area contributed by atoms with Gasteiger partial charge in [0, 0.05) is 24.8 Å². The number of carbonyl (C=O) groups excluding carboxylic acids is 1. The largest absolute Gasteiger partial charge is 0.484 e. The van der Waals surface area contributed by atoms with Crippen molar-refractivity contribution in [1.29, 1.82) is 0 Å². The molecule has 0 unspecified atom stereocenters. The van der Waals surface area contributed by atoms with Crippen molar-refractivity contribution >= 4 is 11.6 Å². The van der Waals surface area contributed by atoms with Crippen molar-refractivity contribution < 1.29 is 9.53 Å². The second-order valence-corrected chi connectivity index (χ2v) is 5.82. The minimum atomic E-state index is 0.0645. The van der Waals surface area contributed by atoms with Crippen LogP contribution in [0.4, 0.5) is 5.69 Å². The van der Waals surface area contributed by atoms with Gasteiger partial charge in [-0.1, -0.05) is 19.9 Å². The zero-order chi connectivity index (χ0) is 14.5. The number of ether oxygens (including phenoxy) is 1. The Kier molecular flexibility index (Phi) is 4.88. The second-order valence-electron chi connectivity index (χ2n) is 5.82. The Morgan fingerprint density at radius 1 is 1.40 bits per heavy atom. The van der Waals surface area contributed by atoms with Crippen molar-refractivity contribution in [1.82, 2.24) is 4.90 Å². The number of piperidine rings is 1. The predicted octanol–water partition coefficient (Wildman–Crippen LogP) is 2.54. The molecule has 0 bridgehead atoms. The molecule has 0 spiro atoms. The summed E-state index contributed by atoms with van der Waals surface area (Å²) in [5.41, 5.74) is 6.32. The molecule has 1 heterocycles. The van der Waals surface area contributed by atoms with E-state index in [0.29, 0.717) is 17.4 Å². The highest BCUT2D eigenvalue weighted by Crippen LogP contribution is 2.24. The minimum Gasteiger partial charge on any atom is -0.484 e. The molecule has 1 amide bonds. The monoisotopic (exact) mass is 276 g/mol. The summed E-state index contributed by atoms with van der Waals surface area (Å²) in [7, 11) is 0. The van der Waals surface area contributed by atoms with Gasteiger partial charge in [-0.05, 0) is 36.8 Å². The molecular weight excluding hydrogens is 252 g/mol. The maximum Gasteiger partial charge on any atom is 0.260 e. The standard InChI is InChI=1S/C16H24N2O2/c1-12(2)13-6-8-18(9-7-13)16(19)11-20-15-5-3-4-14(17)10-15/h3-5,10,12-13H,6-9,11,17H2,1-2H3. The van der Waals surface area contributed by atoms with Crippen LogP contribution < -0.4 is 10.5 Å². The number of amides is 1. The lowest BCUT2D eigenvalue weighted by Gasteiger charge is -2.33.